The molecule has 5 rings (SSSR count). The predicted molar refractivity (Wildman–Crippen MR) is 133 cm³/mol. The van der Waals surface area contributed by atoms with E-state index in [1.807, 2.05) is 91.0 Å². The first-order valence-electron chi connectivity index (χ1n) is 11.1. The molecule has 1 saturated heterocycles. The number of fused-ring (bicyclic) bond motifs is 1. The van der Waals surface area contributed by atoms with Crippen molar-refractivity contribution in [3.8, 4) is 0 Å². The van der Waals surface area contributed by atoms with Crippen molar-refractivity contribution in [2.45, 2.75) is 30.9 Å². The van der Waals surface area contributed by atoms with Gasteiger partial charge in [-0.3, -0.25) is 14.7 Å². The van der Waals surface area contributed by atoms with Crippen molar-refractivity contribution >= 4 is 28.7 Å². The van der Waals surface area contributed by atoms with E-state index in [-0.39, 0.29) is 17.0 Å². The summed E-state index contributed by atoms with van der Waals surface area (Å²) in [4.78, 5) is 32.3. The Morgan fingerprint density at radius 2 is 1.53 bits per heavy atom. The summed E-state index contributed by atoms with van der Waals surface area (Å²) in [6.45, 7) is 1.63. The van der Waals surface area contributed by atoms with Crippen molar-refractivity contribution in [3.05, 3.63) is 119 Å². The summed E-state index contributed by atoms with van der Waals surface area (Å²) < 4.78 is 5.97. The van der Waals surface area contributed by atoms with E-state index in [1.165, 1.54) is 16.7 Å². The van der Waals surface area contributed by atoms with Gasteiger partial charge in [-0.25, -0.2) is 4.79 Å². The second kappa shape index (κ2) is 9.69. The fraction of sp³-hybridized carbons (Fsp3) is 0.179. The molecule has 34 heavy (non-hydrogen) atoms. The molecule has 0 spiro atoms. The molecular weight excluding hydrogens is 444 g/mol. The average Bonchev–Trinajstić information content (AvgIpc) is 3.25. The van der Waals surface area contributed by atoms with Gasteiger partial charge < -0.3 is 4.74 Å². The maximum absolute atomic E-state index is 13.3. The molecule has 0 aliphatic carbocycles. The summed E-state index contributed by atoms with van der Waals surface area (Å²) in [5, 5.41) is 0.653. The van der Waals surface area contributed by atoms with Crippen LogP contribution in [-0.2, 0) is 20.7 Å². The van der Waals surface area contributed by atoms with E-state index in [4.69, 9.17) is 4.74 Å². The van der Waals surface area contributed by atoms with Crippen LogP contribution >= 0.6 is 11.8 Å². The van der Waals surface area contributed by atoms with Crippen molar-refractivity contribution in [1.29, 1.82) is 0 Å². The lowest BCUT2D eigenvalue weighted by Gasteiger charge is -2.41. The highest BCUT2D eigenvalue weighted by Crippen LogP contribution is 2.42. The Morgan fingerprint density at radius 1 is 0.971 bits per heavy atom. The molecular formula is C28H23N2O3S. The highest BCUT2D eigenvalue weighted by molar-refractivity contribution is 8.14. The van der Waals surface area contributed by atoms with Gasteiger partial charge in [-0.1, -0.05) is 103 Å². The van der Waals surface area contributed by atoms with Crippen molar-refractivity contribution < 1.29 is 14.3 Å². The zero-order chi connectivity index (χ0) is 23.5. The Labute approximate surface area is 203 Å². The number of nitrogens with zero attached hydrogens (tertiary/aromatic N) is 2. The monoisotopic (exact) mass is 467 g/mol. The van der Waals surface area contributed by atoms with Crippen molar-refractivity contribution in [2.24, 2.45) is 4.99 Å². The third-order valence-electron chi connectivity index (χ3n) is 5.85. The van der Waals surface area contributed by atoms with Crippen LogP contribution in [-0.4, -0.2) is 33.2 Å². The Hall–Kier alpha value is -3.64. The number of rotatable bonds is 7. The molecule has 0 saturated carbocycles. The minimum atomic E-state index is -0.591. The number of likely N-dealkylation sites (tertiary alicyclic amines) is 1. The Bertz CT molecular complexity index is 1200. The summed E-state index contributed by atoms with van der Waals surface area (Å²) in [5.41, 5.74) is 2.98. The van der Waals surface area contributed by atoms with Crippen LogP contribution in [0.25, 0.3) is 0 Å². The summed E-state index contributed by atoms with van der Waals surface area (Å²) >= 11 is 1.53. The van der Waals surface area contributed by atoms with E-state index in [9.17, 15) is 9.59 Å². The van der Waals surface area contributed by atoms with Crippen LogP contribution in [0.1, 0.15) is 29.7 Å². The number of β-lactam (4-membered cyclic amide) rings is 1. The summed E-state index contributed by atoms with van der Waals surface area (Å²) in [7, 11) is 0. The predicted octanol–water partition coefficient (Wildman–Crippen LogP) is 4.95. The summed E-state index contributed by atoms with van der Waals surface area (Å²) in [5.74, 6) is -0.776. The number of hydrogen-bond acceptors (Lipinski definition) is 5. The zero-order valence-electron chi connectivity index (χ0n) is 18.6. The Morgan fingerprint density at radius 3 is 2.09 bits per heavy atom. The number of carbonyl (C=O) groups is 2. The van der Waals surface area contributed by atoms with E-state index in [2.05, 4.69) is 11.1 Å². The molecule has 3 aromatic carbocycles. The molecule has 2 aliphatic heterocycles. The van der Waals surface area contributed by atoms with Gasteiger partial charge in [-0.05, 0) is 29.7 Å². The molecule has 1 radical (unpaired) electrons. The van der Waals surface area contributed by atoms with Gasteiger partial charge in [-0.2, -0.15) is 0 Å². The van der Waals surface area contributed by atoms with Gasteiger partial charge in [0, 0.05) is 6.42 Å². The molecule has 0 aromatic heterocycles. The van der Waals surface area contributed by atoms with Crippen LogP contribution in [0.3, 0.4) is 0 Å². The van der Waals surface area contributed by atoms with Crippen LogP contribution in [0.4, 0.5) is 0 Å². The first-order chi connectivity index (χ1) is 16.7. The maximum atomic E-state index is 13.3. The topological polar surface area (TPSA) is 59.0 Å². The molecule has 3 aromatic rings. The number of allylic oxidation sites excluding steroid dienone is 1. The molecule has 6 heteroatoms. The fourth-order valence-electron chi connectivity index (χ4n) is 4.17. The second-order valence-electron chi connectivity index (χ2n) is 8.05. The normalized spacial score (nSPS) is 19.5. The van der Waals surface area contributed by atoms with E-state index in [0.29, 0.717) is 6.42 Å². The Balaban J connectivity index is 1.32. The number of esters is 1. The van der Waals surface area contributed by atoms with Gasteiger partial charge in [0.05, 0.1) is 5.04 Å². The zero-order valence-corrected chi connectivity index (χ0v) is 19.4. The van der Waals surface area contributed by atoms with Crippen LogP contribution in [0.5, 0.6) is 0 Å². The SMILES string of the molecule is C[C]=C(C(=O)OC(c1ccccc1)c1ccccc1)N1C(=O)C2N=C(Cc3ccccc3)SC21. The number of hydrogen-bond donors (Lipinski definition) is 0. The van der Waals surface area contributed by atoms with E-state index in [0.717, 1.165) is 21.7 Å². The van der Waals surface area contributed by atoms with Crippen molar-refractivity contribution in [2.75, 3.05) is 0 Å². The van der Waals surface area contributed by atoms with E-state index >= 15 is 0 Å². The van der Waals surface area contributed by atoms with E-state index in [1.54, 1.807) is 6.92 Å². The maximum Gasteiger partial charge on any atom is 0.356 e. The van der Waals surface area contributed by atoms with Crippen LogP contribution in [0, 0.1) is 6.08 Å². The van der Waals surface area contributed by atoms with Crippen molar-refractivity contribution in [3.63, 3.8) is 0 Å². The molecule has 2 heterocycles. The lowest BCUT2D eigenvalue weighted by molar-refractivity contribution is -0.152. The minimum absolute atomic E-state index is 0.131. The van der Waals surface area contributed by atoms with Gasteiger partial charge in [0.25, 0.3) is 5.91 Å². The number of aliphatic imine (C=N–C) groups is 1. The minimum Gasteiger partial charge on any atom is -0.448 e. The molecule has 169 valence electrons. The molecule has 0 bridgehead atoms. The van der Waals surface area contributed by atoms with Gasteiger partial charge in [-0.15, -0.1) is 0 Å². The third-order valence-corrected chi connectivity index (χ3v) is 7.09. The third kappa shape index (κ3) is 4.29. The van der Waals surface area contributed by atoms with Gasteiger partial charge in [0.2, 0.25) is 0 Å². The molecule has 1 amide bonds. The number of amides is 1. The van der Waals surface area contributed by atoms with Crippen LogP contribution in [0.15, 0.2) is 102 Å². The van der Waals surface area contributed by atoms with Gasteiger partial charge in [0.15, 0.2) is 12.1 Å². The highest BCUT2D eigenvalue weighted by Gasteiger charge is 2.54. The standard InChI is InChI=1S/C28H23N2O3S/c1-2-22(28(32)33-25(20-14-8-4-9-15-20)21-16-10-5-11-17-21)30-26(31)24-27(30)34-23(29-24)18-19-12-6-3-7-13-19/h3-17,24-25,27H,18H2,1H3. The lowest BCUT2D eigenvalue weighted by Crippen LogP contribution is -2.61. The molecule has 1 fully saturated rings. The Kier molecular flexibility index (Phi) is 6.32. The lowest BCUT2D eigenvalue weighted by atomic mass is 10.0. The number of ether oxygens (including phenoxy) is 1. The molecule has 5 nitrogen and oxygen atoms in total. The number of benzene rings is 3. The molecule has 2 aliphatic rings. The molecule has 2 unspecified atom stereocenters. The smallest absolute Gasteiger partial charge is 0.356 e. The van der Waals surface area contributed by atoms with Crippen LogP contribution < -0.4 is 0 Å². The van der Waals surface area contributed by atoms with E-state index < -0.39 is 18.1 Å². The first kappa shape index (κ1) is 22.2. The second-order valence-corrected chi connectivity index (χ2v) is 9.24. The molecule has 0 N–H and O–H groups in total. The first-order valence-corrected chi connectivity index (χ1v) is 12.0. The van der Waals surface area contributed by atoms with Gasteiger partial charge in [0.1, 0.15) is 11.1 Å². The number of carbonyl (C=O) groups excluding carboxylic acids is 2. The number of thioether (sulfide) groups is 1. The highest BCUT2D eigenvalue weighted by atomic mass is 32.2. The quantitative estimate of drug-likeness (QED) is 0.280. The van der Waals surface area contributed by atoms with Gasteiger partial charge >= 0.3 is 5.97 Å². The van der Waals surface area contributed by atoms with Crippen molar-refractivity contribution in [1.82, 2.24) is 4.90 Å². The summed E-state index contributed by atoms with van der Waals surface area (Å²) in [6, 6.07) is 28.7. The summed E-state index contributed by atoms with van der Waals surface area (Å²) in [6.07, 6.45) is 2.98. The van der Waals surface area contributed by atoms with Crippen LogP contribution in [0.2, 0.25) is 0 Å². The average molecular weight is 468 g/mol. The largest absolute Gasteiger partial charge is 0.448 e. The fourth-order valence-corrected chi connectivity index (χ4v) is 5.50. The molecule has 2 atom stereocenters.